The fourth-order valence-corrected chi connectivity index (χ4v) is 2.01. The molecule has 0 saturated heterocycles. The third kappa shape index (κ3) is 2.59. The molecule has 2 rings (SSSR count). The van der Waals surface area contributed by atoms with Crippen LogP contribution in [-0.4, -0.2) is 26.2 Å². The predicted molar refractivity (Wildman–Crippen MR) is 60.8 cm³/mol. The first-order valence-electron chi connectivity index (χ1n) is 6.02. The zero-order chi connectivity index (χ0) is 11.5. The highest BCUT2D eigenvalue weighted by molar-refractivity contribution is 5.20. The Morgan fingerprint density at radius 3 is 2.88 bits per heavy atom. The van der Waals surface area contributed by atoms with Crippen LogP contribution in [0.3, 0.4) is 0 Å². The molecular weight excluding hydrogens is 204 g/mol. The Bertz CT molecular complexity index is 344. The van der Waals surface area contributed by atoms with Crippen LogP contribution in [0.15, 0.2) is 0 Å². The molecule has 5 nitrogen and oxygen atoms in total. The summed E-state index contributed by atoms with van der Waals surface area (Å²) in [4.78, 5) is 0. The third-order valence-corrected chi connectivity index (χ3v) is 3.00. The molecule has 0 bridgehead atoms. The van der Waals surface area contributed by atoms with Crippen LogP contribution >= 0.6 is 0 Å². The van der Waals surface area contributed by atoms with Crippen molar-refractivity contribution in [2.75, 3.05) is 0 Å². The number of aryl methyl sites for hydroxylation is 1. The molecule has 5 heteroatoms. The molecule has 1 saturated carbocycles. The van der Waals surface area contributed by atoms with Gasteiger partial charge in [0.15, 0.2) is 0 Å². The highest BCUT2D eigenvalue weighted by atomic mass is 16.3. The van der Waals surface area contributed by atoms with Crippen molar-refractivity contribution < 1.29 is 5.11 Å². The number of nitrogens with two attached hydrogens (primary N) is 1. The molecule has 1 fully saturated rings. The Kier molecular flexibility index (Phi) is 3.56. The Labute approximate surface area is 95.6 Å². The van der Waals surface area contributed by atoms with E-state index in [2.05, 4.69) is 10.3 Å². The summed E-state index contributed by atoms with van der Waals surface area (Å²) in [6.07, 6.45) is 3.97. The summed E-state index contributed by atoms with van der Waals surface area (Å²) in [6.45, 7) is 3.13. The van der Waals surface area contributed by atoms with E-state index in [1.807, 2.05) is 11.6 Å². The average molecular weight is 224 g/mol. The van der Waals surface area contributed by atoms with Crippen LogP contribution in [0.1, 0.15) is 49.9 Å². The van der Waals surface area contributed by atoms with Crippen molar-refractivity contribution in [3.8, 4) is 0 Å². The molecule has 16 heavy (non-hydrogen) atoms. The summed E-state index contributed by atoms with van der Waals surface area (Å²) < 4.78 is 1.97. The molecule has 0 aromatic carbocycles. The average Bonchev–Trinajstić information content (AvgIpc) is 3.00. The highest BCUT2D eigenvalue weighted by Gasteiger charge is 2.30. The second-order valence-corrected chi connectivity index (χ2v) is 4.61. The van der Waals surface area contributed by atoms with Gasteiger partial charge in [-0.3, -0.25) is 0 Å². The smallest absolute Gasteiger partial charge is 0.0997 e. The van der Waals surface area contributed by atoms with Crippen molar-refractivity contribution in [3.05, 3.63) is 11.4 Å². The molecule has 1 aliphatic rings. The van der Waals surface area contributed by atoms with E-state index in [4.69, 9.17) is 5.73 Å². The van der Waals surface area contributed by atoms with Gasteiger partial charge in [-0.15, -0.1) is 5.10 Å². The summed E-state index contributed by atoms with van der Waals surface area (Å²) in [7, 11) is 0. The lowest BCUT2D eigenvalue weighted by Crippen LogP contribution is -2.09. The maximum Gasteiger partial charge on any atom is 0.0997 e. The van der Waals surface area contributed by atoms with Crippen molar-refractivity contribution in [3.63, 3.8) is 0 Å². The molecule has 0 radical (unpaired) electrons. The molecule has 1 atom stereocenters. The van der Waals surface area contributed by atoms with Crippen LogP contribution in [0.4, 0.5) is 0 Å². The van der Waals surface area contributed by atoms with Crippen molar-refractivity contribution >= 4 is 0 Å². The fraction of sp³-hybridized carbons (Fsp3) is 0.818. The zero-order valence-corrected chi connectivity index (χ0v) is 9.76. The second-order valence-electron chi connectivity index (χ2n) is 4.61. The Hall–Kier alpha value is -0.940. The number of aromatic nitrogens is 3. The summed E-state index contributed by atoms with van der Waals surface area (Å²) in [5, 5.41) is 17.5. The first-order chi connectivity index (χ1) is 7.72. The van der Waals surface area contributed by atoms with E-state index in [1.165, 1.54) is 18.5 Å². The molecule has 1 aliphatic carbocycles. The Morgan fingerprint density at radius 1 is 1.56 bits per heavy atom. The van der Waals surface area contributed by atoms with Crippen molar-refractivity contribution in [2.24, 2.45) is 5.73 Å². The lowest BCUT2D eigenvalue weighted by atomic mass is 10.2. The lowest BCUT2D eigenvalue weighted by Gasteiger charge is -2.07. The van der Waals surface area contributed by atoms with Gasteiger partial charge in [0.1, 0.15) is 0 Å². The van der Waals surface area contributed by atoms with Gasteiger partial charge in [0.05, 0.1) is 17.5 Å². The number of nitrogens with zero attached hydrogens (tertiary/aromatic N) is 3. The molecule has 0 aliphatic heterocycles. The van der Waals surface area contributed by atoms with E-state index in [0.29, 0.717) is 12.5 Å². The van der Waals surface area contributed by atoms with Crippen LogP contribution in [-0.2, 0) is 13.1 Å². The predicted octanol–water partition coefficient (Wildman–Crippen LogP) is 0.775. The minimum Gasteiger partial charge on any atom is -0.393 e. The molecule has 90 valence electrons. The number of aliphatic hydroxyl groups excluding tert-OH is 1. The highest BCUT2D eigenvalue weighted by Crippen LogP contribution is 2.41. The van der Waals surface area contributed by atoms with Crippen LogP contribution in [0, 0.1) is 0 Å². The van der Waals surface area contributed by atoms with E-state index >= 15 is 0 Å². The SMILES string of the molecule is CC(O)CCCn1nnc(CN)c1C1CC1. The van der Waals surface area contributed by atoms with Crippen LogP contribution in [0.2, 0.25) is 0 Å². The van der Waals surface area contributed by atoms with E-state index in [1.54, 1.807) is 0 Å². The largest absolute Gasteiger partial charge is 0.393 e. The number of hydrogen-bond donors (Lipinski definition) is 2. The van der Waals surface area contributed by atoms with Gasteiger partial charge in [-0.2, -0.15) is 0 Å². The molecule has 1 heterocycles. The minimum absolute atomic E-state index is 0.234. The van der Waals surface area contributed by atoms with Gasteiger partial charge in [0.25, 0.3) is 0 Å². The quantitative estimate of drug-likeness (QED) is 0.748. The molecule has 1 unspecified atom stereocenters. The number of hydrogen-bond acceptors (Lipinski definition) is 4. The van der Waals surface area contributed by atoms with Gasteiger partial charge in [-0.05, 0) is 32.6 Å². The van der Waals surface area contributed by atoms with Gasteiger partial charge in [-0.1, -0.05) is 5.21 Å². The summed E-state index contributed by atoms with van der Waals surface area (Å²) in [6, 6.07) is 0. The maximum atomic E-state index is 9.21. The van der Waals surface area contributed by atoms with E-state index in [9.17, 15) is 5.11 Å². The molecular formula is C11H20N4O. The minimum atomic E-state index is -0.234. The Balaban J connectivity index is 1.99. The van der Waals surface area contributed by atoms with Gasteiger partial charge >= 0.3 is 0 Å². The van der Waals surface area contributed by atoms with E-state index < -0.39 is 0 Å². The summed E-state index contributed by atoms with van der Waals surface area (Å²) in [5.74, 6) is 0.625. The summed E-state index contributed by atoms with van der Waals surface area (Å²) in [5.41, 5.74) is 7.82. The van der Waals surface area contributed by atoms with Gasteiger partial charge < -0.3 is 10.8 Å². The van der Waals surface area contributed by atoms with Crippen molar-refractivity contribution in [1.29, 1.82) is 0 Å². The summed E-state index contributed by atoms with van der Waals surface area (Å²) >= 11 is 0. The third-order valence-electron chi connectivity index (χ3n) is 3.00. The second kappa shape index (κ2) is 4.93. The Morgan fingerprint density at radius 2 is 2.31 bits per heavy atom. The zero-order valence-electron chi connectivity index (χ0n) is 9.76. The number of aliphatic hydroxyl groups is 1. The molecule has 0 spiro atoms. The monoisotopic (exact) mass is 224 g/mol. The molecule has 1 aromatic heterocycles. The first-order valence-corrected chi connectivity index (χ1v) is 6.02. The van der Waals surface area contributed by atoms with Crippen LogP contribution < -0.4 is 5.73 Å². The van der Waals surface area contributed by atoms with Crippen LogP contribution in [0.5, 0.6) is 0 Å². The van der Waals surface area contributed by atoms with Gasteiger partial charge in [-0.25, -0.2) is 4.68 Å². The molecule has 0 amide bonds. The topological polar surface area (TPSA) is 77.0 Å². The maximum absolute atomic E-state index is 9.21. The van der Waals surface area contributed by atoms with E-state index in [0.717, 1.165) is 25.1 Å². The first kappa shape index (κ1) is 11.5. The van der Waals surface area contributed by atoms with Gasteiger partial charge in [0, 0.05) is 19.0 Å². The van der Waals surface area contributed by atoms with Crippen molar-refractivity contribution in [1.82, 2.24) is 15.0 Å². The lowest BCUT2D eigenvalue weighted by molar-refractivity contribution is 0.178. The number of rotatable bonds is 6. The van der Waals surface area contributed by atoms with Crippen LogP contribution in [0.25, 0.3) is 0 Å². The van der Waals surface area contributed by atoms with E-state index in [-0.39, 0.29) is 6.10 Å². The molecule has 3 N–H and O–H groups in total. The standard InChI is InChI=1S/C11H20N4O/c1-8(16)3-2-6-15-11(9-4-5-9)10(7-12)13-14-15/h8-9,16H,2-7,12H2,1H3. The fourth-order valence-electron chi connectivity index (χ4n) is 2.01. The molecule has 1 aromatic rings. The van der Waals surface area contributed by atoms with Crippen molar-refractivity contribution in [2.45, 2.75) is 57.7 Å². The van der Waals surface area contributed by atoms with Gasteiger partial charge in [0.2, 0.25) is 0 Å². The normalized spacial score (nSPS) is 17.7.